The first-order valence-electron chi connectivity index (χ1n) is 6.70. The lowest BCUT2D eigenvalue weighted by molar-refractivity contribution is -0.123. The molecule has 0 atom stereocenters. The topological polar surface area (TPSA) is 72.0 Å². The summed E-state index contributed by atoms with van der Waals surface area (Å²) in [5, 5.41) is 10.4. The van der Waals surface area contributed by atoms with E-state index in [1.807, 2.05) is 20.8 Å². The van der Waals surface area contributed by atoms with Gasteiger partial charge in [-0.05, 0) is 24.3 Å². The molecule has 0 fully saturated rings. The van der Waals surface area contributed by atoms with E-state index in [1.165, 1.54) is 23.1 Å². The minimum Gasteiger partial charge on any atom is -0.326 e. The molecule has 0 aliphatic heterocycles. The largest absolute Gasteiger partial charge is 0.326 e. The van der Waals surface area contributed by atoms with Crippen molar-refractivity contribution in [1.82, 2.24) is 10.2 Å². The number of hydrogen-bond donors (Lipinski definition) is 1. The number of amides is 1. The van der Waals surface area contributed by atoms with Gasteiger partial charge >= 0.3 is 0 Å². The van der Waals surface area contributed by atoms with Crippen LogP contribution in [0.2, 0.25) is 0 Å². The summed E-state index contributed by atoms with van der Waals surface area (Å²) < 4.78 is 0.780. The number of nitrogens with one attached hydrogen (secondary N) is 1. The Balaban J connectivity index is 1.93. The molecule has 0 unspecified atom stereocenters. The number of nitrogens with zero attached hydrogens (tertiary/aromatic N) is 2. The lowest BCUT2D eigenvalue weighted by atomic mass is 9.95. The Morgan fingerprint density at radius 2 is 1.91 bits per heavy atom. The Bertz CT molecular complexity index is 646. The molecule has 0 aliphatic rings. The number of carbonyl (C=O) groups excluding carboxylic acids is 2. The van der Waals surface area contributed by atoms with Crippen LogP contribution in [0.15, 0.2) is 34.1 Å². The van der Waals surface area contributed by atoms with Crippen LogP contribution in [-0.2, 0) is 4.79 Å². The number of benzene rings is 1. The van der Waals surface area contributed by atoms with Gasteiger partial charge in [-0.3, -0.25) is 9.59 Å². The maximum absolute atomic E-state index is 12.1. The van der Waals surface area contributed by atoms with Crippen molar-refractivity contribution < 1.29 is 9.59 Å². The zero-order valence-electron chi connectivity index (χ0n) is 12.6. The minimum absolute atomic E-state index is 0.0221. The zero-order chi connectivity index (χ0) is 16.2. The third-order valence-corrected chi connectivity index (χ3v) is 4.67. The van der Waals surface area contributed by atoms with Crippen molar-refractivity contribution >= 4 is 40.5 Å². The van der Waals surface area contributed by atoms with Crippen molar-refractivity contribution in [3.63, 3.8) is 0 Å². The van der Waals surface area contributed by atoms with Gasteiger partial charge < -0.3 is 5.32 Å². The second kappa shape index (κ2) is 7.02. The molecule has 0 saturated carbocycles. The second-order valence-corrected chi connectivity index (χ2v) is 7.75. The molecule has 1 heterocycles. The summed E-state index contributed by atoms with van der Waals surface area (Å²) in [7, 11) is 0. The summed E-state index contributed by atoms with van der Waals surface area (Å²) in [6.45, 7) is 5.56. The monoisotopic (exact) mass is 335 g/mol. The van der Waals surface area contributed by atoms with Crippen LogP contribution in [0.4, 0.5) is 5.69 Å². The number of ketones is 1. The number of carbonyl (C=O) groups is 2. The molecule has 2 aromatic rings. The van der Waals surface area contributed by atoms with E-state index < -0.39 is 5.41 Å². The molecular formula is C15H17N3O2S2. The highest BCUT2D eigenvalue weighted by Crippen LogP contribution is 2.21. The van der Waals surface area contributed by atoms with Crippen molar-refractivity contribution in [2.45, 2.75) is 25.1 Å². The van der Waals surface area contributed by atoms with Crippen LogP contribution < -0.4 is 5.32 Å². The first-order chi connectivity index (χ1) is 10.4. The normalized spacial score (nSPS) is 11.2. The van der Waals surface area contributed by atoms with Gasteiger partial charge in [0.25, 0.3) is 0 Å². The number of rotatable bonds is 5. The molecule has 1 aromatic carbocycles. The van der Waals surface area contributed by atoms with Crippen molar-refractivity contribution in [3.05, 3.63) is 35.3 Å². The van der Waals surface area contributed by atoms with Gasteiger partial charge in [0, 0.05) is 16.7 Å². The molecule has 5 nitrogen and oxygen atoms in total. The number of anilines is 1. The Labute approximate surface area is 137 Å². The SMILES string of the molecule is CC(C)(C)C(=O)Nc1ccc(C(=O)CSc2nncs2)cc1. The first kappa shape index (κ1) is 16.6. The summed E-state index contributed by atoms with van der Waals surface area (Å²) in [6, 6.07) is 6.93. The zero-order valence-corrected chi connectivity index (χ0v) is 14.3. The van der Waals surface area contributed by atoms with E-state index >= 15 is 0 Å². The van der Waals surface area contributed by atoms with E-state index in [1.54, 1.807) is 29.8 Å². The number of hydrogen-bond acceptors (Lipinski definition) is 6. The van der Waals surface area contributed by atoms with E-state index in [0.29, 0.717) is 17.0 Å². The van der Waals surface area contributed by atoms with Gasteiger partial charge in [-0.1, -0.05) is 43.9 Å². The van der Waals surface area contributed by atoms with Crippen LogP contribution in [0.3, 0.4) is 0 Å². The van der Waals surface area contributed by atoms with Gasteiger partial charge in [-0.25, -0.2) is 0 Å². The summed E-state index contributed by atoms with van der Waals surface area (Å²) in [4.78, 5) is 24.0. The quantitative estimate of drug-likeness (QED) is 0.669. The minimum atomic E-state index is -0.452. The van der Waals surface area contributed by atoms with Gasteiger partial charge in [0.15, 0.2) is 10.1 Å². The molecule has 1 aromatic heterocycles. The van der Waals surface area contributed by atoms with Crippen LogP contribution in [-0.4, -0.2) is 27.6 Å². The average molecular weight is 335 g/mol. The van der Waals surface area contributed by atoms with Crippen LogP contribution in [0.1, 0.15) is 31.1 Å². The fraction of sp³-hybridized carbons (Fsp3) is 0.333. The average Bonchev–Trinajstić information content (AvgIpc) is 2.98. The van der Waals surface area contributed by atoms with E-state index in [9.17, 15) is 9.59 Å². The summed E-state index contributed by atoms with van der Waals surface area (Å²) in [6.07, 6.45) is 0. The molecular weight excluding hydrogens is 318 g/mol. The van der Waals surface area contributed by atoms with Crippen LogP contribution in [0, 0.1) is 5.41 Å². The van der Waals surface area contributed by atoms with E-state index in [2.05, 4.69) is 15.5 Å². The Kier molecular flexibility index (Phi) is 5.31. The molecule has 1 N–H and O–H groups in total. The first-order valence-corrected chi connectivity index (χ1v) is 8.56. The van der Waals surface area contributed by atoms with Crippen LogP contribution in [0.5, 0.6) is 0 Å². The maximum Gasteiger partial charge on any atom is 0.229 e. The van der Waals surface area contributed by atoms with Gasteiger partial charge in [0.2, 0.25) is 5.91 Å². The fourth-order valence-corrected chi connectivity index (χ4v) is 2.88. The summed E-state index contributed by atoms with van der Waals surface area (Å²) >= 11 is 2.79. The Morgan fingerprint density at radius 1 is 1.23 bits per heavy atom. The van der Waals surface area contributed by atoms with Gasteiger partial charge in [0.1, 0.15) is 5.51 Å². The smallest absolute Gasteiger partial charge is 0.229 e. The molecule has 22 heavy (non-hydrogen) atoms. The fourth-order valence-electron chi connectivity index (χ4n) is 1.49. The van der Waals surface area contributed by atoms with Crippen LogP contribution >= 0.6 is 23.1 Å². The maximum atomic E-state index is 12.1. The Hall–Kier alpha value is -1.73. The van der Waals surface area contributed by atoms with Crippen molar-refractivity contribution in [3.8, 4) is 0 Å². The lowest BCUT2D eigenvalue weighted by Crippen LogP contribution is -2.27. The van der Waals surface area contributed by atoms with Gasteiger partial charge in [-0.15, -0.1) is 10.2 Å². The highest BCUT2D eigenvalue weighted by molar-refractivity contribution is 8.01. The second-order valence-electron chi connectivity index (χ2n) is 5.70. The van der Waals surface area contributed by atoms with Gasteiger partial charge in [0.05, 0.1) is 5.75 Å². The van der Waals surface area contributed by atoms with E-state index in [4.69, 9.17) is 0 Å². The number of Topliss-reactive ketones (excluding diaryl/α,β-unsaturated/α-hetero) is 1. The molecule has 1 amide bonds. The lowest BCUT2D eigenvalue weighted by Gasteiger charge is -2.17. The molecule has 7 heteroatoms. The van der Waals surface area contributed by atoms with Crippen molar-refractivity contribution in [2.24, 2.45) is 5.41 Å². The standard InChI is InChI=1S/C15H17N3O2S2/c1-15(2,3)13(20)17-11-6-4-10(5-7-11)12(19)8-21-14-18-16-9-22-14/h4-7,9H,8H2,1-3H3,(H,17,20). The third kappa shape index (κ3) is 4.64. The van der Waals surface area contributed by atoms with Crippen molar-refractivity contribution in [2.75, 3.05) is 11.1 Å². The molecule has 0 bridgehead atoms. The van der Waals surface area contributed by atoms with Crippen LogP contribution in [0.25, 0.3) is 0 Å². The number of thioether (sulfide) groups is 1. The third-order valence-electron chi connectivity index (χ3n) is 2.81. The molecule has 0 aliphatic carbocycles. The molecule has 2 rings (SSSR count). The van der Waals surface area contributed by atoms with E-state index in [-0.39, 0.29) is 11.7 Å². The highest BCUT2D eigenvalue weighted by Gasteiger charge is 2.21. The highest BCUT2D eigenvalue weighted by atomic mass is 32.2. The summed E-state index contributed by atoms with van der Waals surface area (Å²) in [5.74, 6) is 0.287. The Morgan fingerprint density at radius 3 is 2.45 bits per heavy atom. The predicted octanol–water partition coefficient (Wildman–Crippen LogP) is 3.50. The van der Waals surface area contributed by atoms with Gasteiger partial charge in [-0.2, -0.15) is 0 Å². The molecule has 0 saturated heterocycles. The molecule has 0 radical (unpaired) electrons. The predicted molar refractivity (Wildman–Crippen MR) is 89.5 cm³/mol. The van der Waals surface area contributed by atoms with Crippen molar-refractivity contribution in [1.29, 1.82) is 0 Å². The molecule has 116 valence electrons. The summed E-state index contributed by atoms with van der Waals surface area (Å²) in [5.41, 5.74) is 2.49. The molecule has 0 spiro atoms. The number of aromatic nitrogens is 2. The van der Waals surface area contributed by atoms with E-state index in [0.717, 1.165) is 4.34 Å².